The van der Waals surface area contributed by atoms with E-state index in [1.165, 1.54) is 6.20 Å². The SMILES string of the molecule is CC(C)(C)OC(=O)N1CCC(CCOCC2CCC(n3cc(N)c(C(F)F)n3)CC2)CC1. The van der Waals surface area contributed by atoms with E-state index < -0.39 is 12.0 Å². The molecule has 0 aromatic carbocycles. The Labute approximate surface area is 189 Å². The second-order valence-corrected chi connectivity index (χ2v) is 10.2. The second-order valence-electron chi connectivity index (χ2n) is 10.2. The molecule has 0 atom stereocenters. The van der Waals surface area contributed by atoms with Gasteiger partial charge in [-0.05, 0) is 77.6 Å². The van der Waals surface area contributed by atoms with E-state index in [1.54, 1.807) is 9.58 Å². The maximum Gasteiger partial charge on any atom is 0.410 e. The van der Waals surface area contributed by atoms with Gasteiger partial charge in [0.05, 0.1) is 11.7 Å². The average Bonchev–Trinajstić information content (AvgIpc) is 3.13. The van der Waals surface area contributed by atoms with Crippen LogP contribution in [0.15, 0.2) is 6.20 Å². The molecule has 1 amide bonds. The number of likely N-dealkylation sites (tertiary alicyclic amines) is 1. The highest BCUT2D eigenvalue weighted by Gasteiger charge is 2.28. The molecule has 3 rings (SSSR count). The van der Waals surface area contributed by atoms with Crippen LogP contribution in [0.3, 0.4) is 0 Å². The Balaban J connectivity index is 1.28. The Hall–Kier alpha value is -1.90. The van der Waals surface area contributed by atoms with E-state index >= 15 is 0 Å². The van der Waals surface area contributed by atoms with Crippen molar-refractivity contribution in [3.63, 3.8) is 0 Å². The summed E-state index contributed by atoms with van der Waals surface area (Å²) in [6.07, 6.45) is 5.49. The van der Waals surface area contributed by atoms with E-state index in [1.807, 2.05) is 20.8 Å². The van der Waals surface area contributed by atoms with Crippen LogP contribution in [0.1, 0.15) is 83.9 Å². The average molecular weight is 457 g/mol. The lowest BCUT2D eigenvalue weighted by Gasteiger charge is -2.33. The highest BCUT2D eigenvalue weighted by Crippen LogP contribution is 2.34. The molecule has 32 heavy (non-hydrogen) atoms. The zero-order valence-electron chi connectivity index (χ0n) is 19.6. The van der Waals surface area contributed by atoms with E-state index in [9.17, 15) is 13.6 Å². The highest BCUT2D eigenvalue weighted by molar-refractivity contribution is 5.68. The smallest absolute Gasteiger partial charge is 0.410 e. The van der Waals surface area contributed by atoms with Crippen molar-refractivity contribution in [2.75, 3.05) is 32.0 Å². The van der Waals surface area contributed by atoms with E-state index in [4.69, 9.17) is 15.2 Å². The first kappa shape index (κ1) is 24.7. The number of nitrogen functional groups attached to an aromatic ring is 1. The molecule has 1 aromatic heterocycles. The third-order valence-corrected chi connectivity index (χ3v) is 6.48. The summed E-state index contributed by atoms with van der Waals surface area (Å²) in [5.74, 6) is 1.08. The van der Waals surface area contributed by atoms with Crippen LogP contribution in [0.2, 0.25) is 0 Å². The van der Waals surface area contributed by atoms with Crippen molar-refractivity contribution in [1.82, 2.24) is 14.7 Å². The van der Waals surface area contributed by atoms with Crippen LogP contribution < -0.4 is 5.73 Å². The maximum atomic E-state index is 12.9. The van der Waals surface area contributed by atoms with Crippen LogP contribution in [-0.4, -0.2) is 52.7 Å². The number of hydrogen-bond acceptors (Lipinski definition) is 5. The van der Waals surface area contributed by atoms with Gasteiger partial charge in [-0.3, -0.25) is 4.68 Å². The van der Waals surface area contributed by atoms with Crippen LogP contribution in [0.5, 0.6) is 0 Å². The molecule has 0 unspecified atom stereocenters. The molecule has 2 fully saturated rings. The topological polar surface area (TPSA) is 82.6 Å². The van der Waals surface area contributed by atoms with Crippen molar-refractivity contribution in [3.05, 3.63) is 11.9 Å². The van der Waals surface area contributed by atoms with Gasteiger partial charge >= 0.3 is 6.09 Å². The number of carbonyl (C=O) groups is 1. The van der Waals surface area contributed by atoms with Crippen LogP contribution in [0.4, 0.5) is 19.3 Å². The predicted molar refractivity (Wildman–Crippen MR) is 119 cm³/mol. The Morgan fingerprint density at radius 2 is 1.81 bits per heavy atom. The molecule has 7 nitrogen and oxygen atoms in total. The molecule has 9 heteroatoms. The van der Waals surface area contributed by atoms with Crippen molar-refractivity contribution in [3.8, 4) is 0 Å². The molecule has 1 aromatic rings. The first-order valence-electron chi connectivity index (χ1n) is 11.8. The zero-order valence-corrected chi connectivity index (χ0v) is 19.6. The summed E-state index contributed by atoms with van der Waals surface area (Å²) < 4.78 is 38.8. The molecule has 0 bridgehead atoms. The molecular formula is C23H38F2N4O3. The lowest BCUT2D eigenvalue weighted by atomic mass is 9.86. The number of piperidine rings is 1. The van der Waals surface area contributed by atoms with E-state index in [0.717, 1.165) is 71.2 Å². The fourth-order valence-electron chi connectivity index (χ4n) is 4.58. The van der Waals surface area contributed by atoms with Crippen molar-refractivity contribution in [2.45, 2.75) is 83.8 Å². The number of nitrogens with zero attached hydrogens (tertiary/aromatic N) is 3. The number of amides is 1. The third kappa shape index (κ3) is 7.05. The fraction of sp³-hybridized carbons (Fsp3) is 0.826. The largest absolute Gasteiger partial charge is 0.444 e. The number of halogens is 2. The van der Waals surface area contributed by atoms with Gasteiger partial charge in [-0.15, -0.1) is 0 Å². The van der Waals surface area contributed by atoms with E-state index in [2.05, 4.69) is 5.10 Å². The summed E-state index contributed by atoms with van der Waals surface area (Å²) in [7, 11) is 0. The number of rotatable bonds is 7. The second kappa shape index (κ2) is 10.8. The van der Waals surface area contributed by atoms with Crippen LogP contribution in [-0.2, 0) is 9.47 Å². The van der Waals surface area contributed by atoms with Gasteiger partial charge in [0.15, 0.2) is 5.69 Å². The van der Waals surface area contributed by atoms with Gasteiger partial charge in [-0.1, -0.05) is 0 Å². The predicted octanol–water partition coefficient (Wildman–Crippen LogP) is 5.19. The molecule has 2 aliphatic rings. The first-order valence-corrected chi connectivity index (χ1v) is 11.8. The van der Waals surface area contributed by atoms with Gasteiger partial charge in [-0.2, -0.15) is 5.10 Å². The fourth-order valence-corrected chi connectivity index (χ4v) is 4.58. The van der Waals surface area contributed by atoms with Gasteiger partial charge in [-0.25, -0.2) is 13.6 Å². The molecule has 0 radical (unpaired) electrons. The minimum absolute atomic E-state index is 0.0717. The third-order valence-electron chi connectivity index (χ3n) is 6.48. The summed E-state index contributed by atoms with van der Waals surface area (Å²) in [6, 6.07) is 0.135. The Morgan fingerprint density at radius 3 is 2.38 bits per heavy atom. The Morgan fingerprint density at radius 1 is 1.16 bits per heavy atom. The minimum atomic E-state index is -2.63. The summed E-state index contributed by atoms with van der Waals surface area (Å²) in [5.41, 5.74) is 4.96. The number of anilines is 1. The molecule has 1 aliphatic heterocycles. The molecule has 2 heterocycles. The molecule has 1 aliphatic carbocycles. The normalized spacial score (nSPS) is 23.0. The van der Waals surface area contributed by atoms with Crippen LogP contribution >= 0.6 is 0 Å². The van der Waals surface area contributed by atoms with Crippen molar-refractivity contribution >= 4 is 11.8 Å². The van der Waals surface area contributed by atoms with E-state index in [-0.39, 0.29) is 23.5 Å². The number of aromatic nitrogens is 2. The molecule has 182 valence electrons. The van der Waals surface area contributed by atoms with Gasteiger partial charge in [0.1, 0.15) is 5.60 Å². The lowest BCUT2D eigenvalue weighted by Crippen LogP contribution is -2.41. The van der Waals surface area contributed by atoms with Crippen LogP contribution in [0.25, 0.3) is 0 Å². The van der Waals surface area contributed by atoms with Crippen molar-refractivity contribution < 1.29 is 23.0 Å². The minimum Gasteiger partial charge on any atom is -0.444 e. The monoisotopic (exact) mass is 456 g/mol. The van der Waals surface area contributed by atoms with Gasteiger partial charge < -0.3 is 20.1 Å². The molecule has 1 saturated heterocycles. The number of hydrogen-bond donors (Lipinski definition) is 1. The van der Waals surface area contributed by atoms with Gasteiger partial charge in [0, 0.05) is 32.5 Å². The lowest BCUT2D eigenvalue weighted by molar-refractivity contribution is 0.0157. The summed E-state index contributed by atoms with van der Waals surface area (Å²) in [5, 5.41) is 4.00. The van der Waals surface area contributed by atoms with Crippen molar-refractivity contribution in [1.29, 1.82) is 0 Å². The summed E-state index contributed by atoms with van der Waals surface area (Å²) >= 11 is 0. The Kier molecular flexibility index (Phi) is 8.36. The Bertz CT molecular complexity index is 734. The quantitative estimate of drug-likeness (QED) is 0.571. The van der Waals surface area contributed by atoms with Gasteiger partial charge in [0.2, 0.25) is 0 Å². The number of ether oxygens (including phenoxy) is 2. The highest BCUT2D eigenvalue weighted by atomic mass is 19.3. The standard InChI is InChI=1S/C23H38F2N4O3/c1-23(2,3)32-22(30)28-11-8-16(9-12-28)10-13-31-15-17-4-6-18(7-5-17)29-14-19(26)20(27-29)21(24)25/h14,16-18,21H,4-13,15,26H2,1-3H3. The maximum absolute atomic E-state index is 12.9. The van der Waals surface area contributed by atoms with Crippen molar-refractivity contribution in [2.24, 2.45) is 11.8 Å². The number of alkyl halides is 2. The number of carbonyl (C=O) groups excluding carboxylic acids is 1. The number of nitrogens with two attached hydrogens (primary N) is 1. The molecular weight excluding hydrogens is 418 g/mol. The molecule has 2 N–H and O–H groups in total. The van der Waals surface area contributed by atoms with Crippen LogP contribution in [0, 0.1) is 11.8 Å². The zero-order chi connectivity index (χ0) is 23.3. The summed E-state index contributed by atoms with van der Waals surface area (Å²) in [6.45, 7) is 8.63. The molecule has 0 spiro atoms. The summed E-state index contributed by atoms with van der Waals surface area (Å²) in [4.78, 5) is 14.0. The van der Waals surface area contributed by atoms with E-state index in [0.29, 0.717) is 11.8 Å². The molecule has 1 saturated carbocycles. The first-order chi connectivity index (χ1) is 15.1. The van der Waals surface area contributed by atoms with Gasteiger partial charge in [0.25, 0.3) is 6.43 Å².